The fourth-order valence-electron chi connectivity index (χ4n) is 3.28. The topological polar surface area (TPSA) is 45.4 Å². The van der Waals surface area contributed by atoms with Gasteiger partial charge in [-0.05, 0) is 42.4 Å². The number of hydrogen-bond donors (Lipinski definition) is 1. The summed E-state index contributed by atoms with van der Waals surface area (Å²) in [5, 5.41) is 1.11. The molecule has 1 aliphatic rings. The zero-order valence-electron chi connectivity index (χ0n) is 13.9. The van der Waals surface area contributed by atoms with E-state index >= 15 is 0 Å². The highest BCUT2D eigenvalue weighted by molar-refractivity contribution is 5.97. The van der Waals surface area contributed by atoms with Gasteiger partial charge in [0.05, 0.1) is 5.52 Å². The largest absolute Gasteiger partial charge is 0.399 e. The number of nitrogen functional groups attached to an aromatic ring is 1. The van der Waals surface area contributed by atoms with Crippen LogP contribution in [0, 0.1) is 0 Å². The maximum atomic E-state index is 6.02. The number of aromatic nitrogens is 1. The molecule has 1 fully saturated rings. The van der Waals surface area contributed by atoms with E-state index in [0.717, 1.165) is 48.6 Å². The van der Waals surface area contributed by atoms with Crippen LogP contribution in [-0.4, -0.2) is 43.1 Å². The van der Waals surface area contributed by atoms with Crippen LogP contribution in [0.4, 0.5) is 11.5 Å². The van der Waals surface area contributed by atoms with Crippen LogP contribution >= 0.6 is 0 Å². The van der Waals surface area contributed by atoms with E-state index in [0.29, 0.717) is 0 Å². The quantitative estimate of drug-likeness (QED) is 0.737. The van der Waals surface area contributed by atoms with Gasteiger partial charge in [0.25, 0.3) is 0 Å². The van der Waals surface area contributed by atoms with Gasteiger partial charge < -0.3 is 15.5 Å². The molecule has 4 heteroatoms. The van der Waals surface area contributed by atoms with Crippen molar-refractivity contribution in [1.82, 2.24) is 9.88 Å². The van der Waals surface area contributed by atoms with Gasteiger partial charge in [-0.15, -0.1) is 0 Å². The van der Waals surface area contributed by atoms with Crippen molar-refractivity contribution in [2.24, 2.45) is 0 Å². The molecule has 24 heavy (non-hydrogen) atoms. The van der Waals surface area contributed by atoms with Crippen molar-refractivity contribution >= 4 is 22.4 Å². The number of pyridine rings is 1. The van der Waals surface area contributed by atoms with Crippen molar-refractivity contribution in [3.63, 3.8) is 0 Å². The molecule has 2 N–H and O–H groups in total. The molecule has 0 spiro atoms. The number of likely N-dealkylation sites (N-methyl/N-ethyl adjacent to an activating group) is 1. The number of hydrogen-bond acceptors (Lipinski definition) is 4. The molecule has 0 atom stereocenters. The first kappa shape index (κ1) is 15.0. The molecular weight excluding hydrogens is 296 g/mol. The molecule has 0 saturated carbocycles. The lowest BCUT2D eigenvalue weighted by Crippen LogP contribution is -2.44. The Labute approximate surface area is 142 Å². The Balaban J connectivity index is 1.86. The lowest BCUT2D eigenvalue weighted by Gasteiger charge is -2.33. The van der Waals surface area contributed by atoms with Crippen LogP contribution in [-0.2, 0) is 0 Å². The van der Waals surface area contributed by atoms with Crippen molar-refractivity contribution in [2.75, 3.05) is 43.9 Å². The van der Waals surface area contributed by atoms with Gasteiger partial charge in [0.2, 0.25) is 0 Å². The van der Waals surface area contributed by atoms with Crippen LogP contribution < -0.4 is 10.6 Å². The third-order valence-electron chi connectivity index (χ3n) is 4.73. The van der Waals surface area contributed by atoms with E-state index < -0.39 is 0 Å². The Kier molecular flexibility index (Phi) is 3.82. The summed E-state index contributed by atoms with van der Waals surface area (Å²) < 4.78 is 0. The minimum atomic E-state index is 0.772. The Bertz CT molecular complexity index is 852. The van der Waals surface area contributed by atoms with E-state index in [4.69, 9.17) is 10.7 Å². The Morgan fingerprint density at radius 2 is 1.67 bits per heavy atom. The van der Waals surface area contributed by atoms with Gasteiger partial charge in [0, 0.05) is 37.3 Å². The number of nitrogens with two attached hydrogens (primary N) is 1. The zero-order chi connectivity index (χ0) is 16.5. The maximum absolute atomic E-state index is 6.02. The second-order valence-corrected chi connectivity index (χ2v) is 6.46. The van der Waals surface area contributed by atoms with Crippen molar-refractivity contribution in [2.45, 2.75) is 0 Å². The SMILES string of the molecule is CN1CCN(c2cc(-c3ccccc3)c3cc(N)ccc3n2)CC1. The number of anilines is 2. The van der Waals surface area contributed by atoms with Gasteiger partial charge in [-0.3, -0.25) is 0 Å². The second kappa shape index (κ2) is 6.13. The monoisotopic (exact) mass is 318 g/mol. The predicted molar refractivity (Wildman–Crippen MR) is 101 cm³/mol. The first-order valence-corrected chi connectivity index (χ1v) is 8.40. The van der Waals surface area contributed by atoms with E-state index in [1.807, 2.05) is 24.3 Å². The normalized spacial score (nSPS) is 15.8. The minimum Gasteiger partial charge on any atom is -0.399 e. The van der Waals surface area contributed by atoms with Crippen LogP contribution in [0.25, 0.3) is 22.0 Å². The number of piperazine rings is 1. The lowest BCUT2D eigenvalue weighted by molar-refractivity contribution is 0.312. The third kappa shape index (κ3) is 2.81. The highest BCUT2D eigenvalue weighted by Crippen LogP contribution is 2.32. The highest BCUT2D eigenvalue weighted by atomic mass is 15.3. The number of rotatable bonds is 2. The molecule has 0 radical (unpaired) electrons. The van der Waals surface area contributed by atoms with Gasteiger partial charge in [-0.2, -0.15) is 0 Å². The second-order valence-electron chi connectivity index (χ2n) is 6.46. The summed E-state index contributed by atoms with van der Waals surface area (Å²) >= 11 is 0. The first-order chi connectivity index (χ1) is 11.7. The summed E-state index contributed by atoms with van der Waals surface area (Å²) in [6.07, 6.45) is 0. The minimum absolute atomic E-state index is 0.772. The van der Waals surface area contributed by atoms with Gasteiger partial charge >= 0.3 is 0 Å². The zero-order valence-corrected chi connectivity index (χ0v) is 13.9. The highest BCUT2D eigenvalue weighted by Gasteiger charge is 2.17. The average molecular weight is 318 g/mol. The molecule has 122 valence electrons. The molecule has 1 saturated heterocycles. The van der Waals surface area contributed by atoms with Gasteiger partial charge in [-0.25, -0.2) is 4.98 Å². The van der Waals surface area contributed by atoms with Crippen molar-refractivity contribution < 1.29 is 0 Å². The van der Waals surface area contributed by atoms with Gasteiger partial charge in [-0.1, -0.05) is 30.3 Å². The van der Waals surface area contributed by atoms with Crippen molar-refractivity contribution in [3.8, 4) is 11.1 Å². The fraction of sp³-hybridized carbons (Fsp3) is 0.250. The smallest absolute Gasteiger partial charge is 0.129 e. The van der Waals surface area contributed by atoms with Crippen molar-refractivity contribution in [3.05, 3.63) is 54.6 Å². The standard InChI is InChI=1S/C20H22N4/c1-23-9-11-24(12-10-23)20-14-17(15-5-3-2-4-6-15)18-13-16(21)7-8-19(18)22-20/h2-8,13-14H,9-12,21H2,1H3. The molecule has 1 aliphatic heterocycles. The van der Waals surface area contributed by atoms with E-state index in [2.05, 4.69) is 47.2 Å². The van der Waals surface area contributed by atoms with Gasteiger partial charge in [0.15, 0.2) is 0 Å². The molecule has 0 aliphatic carbocycles. The van der Waals surface area contributed by atoms with Crippen LogP contribution in [0.15, 0.2) is 54.6 Å². The summed E-state index contributed by atoms with van der Waals surface area (Å²) in [6.45, 7) is 4.17. The summed E-state index contributed by atoms with van der Waals surface area (Å²) in [5.74, 6) is 1.05. The molecule has 1 aromatic heterocycles. The third-order valence-corrected chi connectivity index (χ3v) is 4.73. The first-order valence-electron chi connectivity index (χ1n) is 8.40. The number of nitrogens with zero attached hydrogens (tertiary/aromatic N) is 3. The molecule has 0 amide bonds. The Morgan fingerprint density at radius 1 is 0.917 bits per heavy atom. The molecule has 0 unspecified atom stereocenters. The summed E-state index contributed by atoms with van der Waals surface area (Å²) in [5.41, 5.74) is 10.2. The predicted octanol–water partition coefficient (Wildman–Crippen LogP) is 3.24. The molecule has 4 nitrogen and oxygen atoms in total. The molecule has 4 rings (SSSR count). The lowest BCUT2D eigenvalue weighted by atomic mass is 10.0. The van der Waals surface area contributed by atoms with Crippen LogP contribution in [0.2, 0.25) is 0 Å². The van der Waals surface area contributed by atoms with E-state index in [1.54, 1.807) is 0 Å². The summed E-state index contributed by atoms with van der Waals surface area (Å²) in [7, 11) is 2.17. The van der Waals surface area contributed by atoms with Crippen LogP contribution in [0.3, 0.4) is 0 Å². The summed E-state index contributed by atoms with van der Waals surface area (Å²) in [4.78, 5) is 9.64. The Hall–Kier alpha value is -2.59. The molecule has 3 aromatic rings. The van der Waals surface area contributed by atoms with Gasteiger partial charge in [0.1, 0.15) is 5.82 Å². The molecular formula is C20H22N4. The van der Waals surface area contributed by atoms with E-state index in [-0.39, 0.29) is 0 Å². The van der Waals surface area contributed by atoms with E-state index in [1.165, 1.54) is 11.1 Å². The van der Waals surface area contributed by atoms with Crippen molar-refractivity contribution in [1.29, 1.82) is 0 Å². The fourth-order valence-corrected chi connectivity index (χ4v) is 3.28. The van der Waals surface area contributed by atoms with E-state index in [9.17, 15) is 0 Å². The molecule has 2 aromatic carbocycles. The molecule has 2 heterocycles. The summed E-state index contributed by atoms with van der Waals surface area (Å²) in [6, 6.07) is 18.7. The maximum Gasteiger partial charge on any atom is 0.129 e. The number of fused-ring (bicyclic) bond motifs is 1. The van der Waals surface area contributed by atoms with Crippen LogP contribution in [0.5, 0.6) is 0 Å². The average Bonchev–Trinajstić information content (AvgIpc) is 2.62. The van der Waals surface area contributed by atoms with Crippen LogP contribution in [0.1, 0.15) is 0 Å². The Morgan fingerprint density at radius 3 is 2.42 bits per heavy atom. The number of benzene rings is 2. The molecule has 0 bridgehead atoms.